The molecule has 0 aliphatic heterocycles. The molecule has 0 aromatic heterocycles. The number of halogens is 3. The van der Waals surface area contributed by atoms with E-state index in [0.717, 1.165) is 28.4 Å². The molecule has 0 bridgehead atoms. The van der Waals surface area contributed by atoms with Crippen molar-refractivity contribution in [2.75, 3.05) is 0 Å². The van der Waals surface area contributed by atoms with Crippen molar-refractivity contribution in [2.45, 2.75) is 31.4 Å². The van der Waals surface area contributed by atoms with E-state index in [1.165, 1.54) is 12.1 Å². The van der Waals surface area contributed by atoms with Crippen molar-refractivity contribution in [1.29, 1.82) is 0 Å². The van der Waals surface area contributed by atoms with E-state index < -0.39 is 12.0 Å². The van der Waals surface area contributed by atoms with Gasteiger partial charge in [-0.05, 0) is 48.2 Å². The summed E-state index contributed by atoms with van der Waals surface area (Å²) in [6.07, 6.45) is 1.66. The van der Waals surface area contributed by atoms with Crippen LogP contribution in [0.2, 0.25) is 0 Å². The Morgan fingerprint density at radius 3 is 2.50 bits per heavy atom. The van der Waals surface area contributed by atoms with Crippen LogP contribution in [0.1, 0.15) is 24.0 Å². The van der Waals surface area contributed by atoms with Gasteiger partial charge in [-0.25, -0.2) is 0 Å². The topological polar surface area (TPSA) is 38.3 Å². The zero-order chi connectivity index (χ0) is 17.2. The summed E-state index contributed by atoms with van der Waals surface area (Å²) in [5.41, 5.74) is 1.40. The molecule has 0 spiro atoms. The van der Waals surface area contributed by atoms with Gasteiger partial charge in [0.25, 0.3) is 0 Å². The van der Waals surface area contributed by atoms with Crippen molar-refractivity contribution in [3.05, 3.63) is 64.1 Å². The summed E-state index contributed by atoms with van der Waals surface area (Å²) in [4.78, 5) is 12.6. The van der Waals surface area contributed by atoms with E-state index >= 15 is 0 Å². The Bertz CT molecular complexity index is 730. The number of hydrogen-bond donors (Lipinski definition) is 1. The van der Waals surface area contributed by atoms with Gasteiger partial charge in [0.1, 0.15) is 5.75 Å². The Balaban J connectivity index is 1.61. The first kappa shape index (κ1) is 16.9. The number of rotatable bonds is 6. The van der Waals surface area contributed by atoms with Crippen LogP contribution in [-0.4, -0.2) is 12.5 Å². The summed E-state index contributed by atoms with van der Waals surface area (Å²) in [6, 6.07) is 14.1. The maximum atomic E-state index is 12.6. The minimum Gasteiger partial charge on any atom is -0.435 e. The number of nitrogens with one attached hydrogen (secondary N) is 1. The summed E-state index contributed by atoms with van der Waals surface area (Å²) in [5.74, 6) is 0.0985. The van der Waals surface area contributed by atoms with Gasteiger partial charge in [-0.1, -0.05) is 40.2 Å². The van der Waals surface area contributed by atoms with Gasteiger partial charge in [0.05, 0.1) is 5.41 Å². The summed E-state index contributed by atoms with van der Waals surface area (Å²) in [5, 5.41) is 2.94. The molecule has 0 radical (unpaired) electrons. The van der Waals surface area contributed by atoms with Crippen LogP contribution in [0.25, 0.3) is 0 Å². The molecule has 1 amide bonds. The monoisotopic (exact) mass is 395 g/mol. The third-order valence-corrected chi connectivity index (χ3v) is 4.66. The quantitative estimate of drug-likeness (QED) is 0.786. The molecule has 1 N–H and O–H groups in total. The zero-order valence-electron chi connectivity index (χ0n) is 12.8. The predicted octanol–water partition coefficient (Wildman–Crippen LogP) is 4.40. The van der Waals surface area contributed by atoms with Crippen LogP contribution in [0.4, 0.5) is 8.78 Å². The van der Waals surface area contributed by atoms with Gasteiger partial charge < -0.3 is 10.1 Å². The smallest absolute Gasteiger partial charge is 0.387 e. The van der Waals surface area contributed by atoms with Crippen molar-refractivity contribution < 1.29 is 18.3 Å². The number of hydrogen-bond acceptors (Lipinski definition) is 2. The Labute approximate surface area is 147 Å². The molecule has 1 aliphatic rings. The number of benzene rings is 2. The minimum atomic E-state index is -2.84. The van der Waals surface area contributed by atoms with Crippen LogP contribution in [0.5, 0.6) is 5.75 Å². The lowest BCUT2D eigenvalue weighted by Gasteiger charge is -2.16. The molecule has 1 fully saturated rings. The molecule has 3 nitrogen and oxygen atoms in total. The van der Waals surface area contributed by atoms with E-state index in [4.69, 9.17) is 0 Å². The molecule has 2 aromatic rings. The van der Waals surface area contributed by atoms with E-state index in [1.54, 1.807) is 12.1 Å². The summed E-state index contributed by atoms with van der Waals surface area (Å²) in [6.45, 7) is -2.49. The van der Waals surface area contributed by atoms with E-state index in [0.29, 0.717) is 6.54 Å². The average Bonchev–Trinajstić information content (AvgIpc) is 3.35. The molecule has 0 atom stereocenters. The standard InChI is InChI=1S/C18H16BrF2NO2/c19-14-3-1-2-13(10-14)18(8-9-18)16(23)22-11-12-4-6-15(7-5-12)24-17(20)21/h1-7,10,17H,8-9,11H2,(H,22,23). The molecule has 1 aliphatic carbocycles. The van der Waals surface area contributed by atoms with Crippen LogP contribution in [-0.2, 0) is 16.8 Å². The Hall–Kier alpha value is -1.95. The van der Waals surface area contributed by atoms with E-state index in [-0.39, 0.29) is 11.7 Å². The lowest BCUT2D eigenvalue weighted by molar-refractivity contribution is -0.123. The van der Waals surface area contributed by atoms with Gasteiger partial charge in [0, 0.05) is 11.0 Å². The van der Waals surface area contributed by atoms with Crippen LogP contribution >= 0.6 is 15.9 Å². The van der Waals surface area contributed by atoms with E-state index in [1.807, 2.05) is 24.3 Å². The SMILES string of the molecule is O=C(NCc1ccc(OC(F)F)cc1)C1(c2cccc(Br)c2)CC1. The highest BCUT2D eigenvalue weighted by Crippen LogP contribution is 2.48. The Morgan fingerprint density at radius 2 is 1.92 bits per heavy atom. The first-order chi connectivity index (χ1) is 11.5. The molecule has 0 saturated heterocycles. The molecule has 1 saturated carbocycles. The molecule has 6 heteroatoms. The maximum absolute atomic E-state index is 12.6. The summed E-state index contributed by atoms with van der Waals surface area (Å²) >= 11 is 3.43. The molecular weight excluding hydrogens is 380 g/mol. The Kier molecular flexibility index (Phi) is 4.85. The number of carbonyl (C=O) groups excluding carboxylic acids is 1. The molecule has 0 unspecified atom stereocenters. The lowest BCUT2D eigenvalue weighted by Crippen LogP contribution is -2.34. The van der Waals surface area contributed by atoms with Crippen molar-refractivity contribution in [1.82, 2.24) is 5.32 Å². The fourth-order valence-corrected chi connectivity index (χ4v) is 3.10. The van der Waals surface area contributed by atoms with Crippen molar-refractivity contribution in [3.8, 4) is 5.75 Å². The fourth-order valence-electron chi connectivity index (χ4n) is 2.70. The van der Waals surface area contributed by atoms with Crippen LogP contribution in [0, 0.1) is 0 Å². The van der Waals surface area contributed by atoms with Crippen molar-refractivity contribution >= 4 is 21.8 Å². The number of alkyl halides is 2. The molecular formula is C18H16BrF2NO2. The van der Waals surface area contributed by atoms with Gasteiger partial charge in [-0.15, -0.1) is 0 Å². The molecule has 24 heavy (non-hydrogen) atoms. The first-order valence-corrected chi connectivity index (χ1v) is 8.37. The first-order valence-electron chi connectivity index (χ1n) is 7.58. The van der Waals surface area contributed by atoms with E-state index in [2.05, 4.69) is 26.0 Å². The van der Waals surface area contributed by atoms with Gasteiger partial charge in [-0.3, -0.25) is 4.79 Å². The largest absolute Gasteiger partial charge is 0.435 e. The van der Waals surface area contributed by atoms with Crippen molar-refractivity contribution in [3.63, 3.8) is 0 Å². The normalized spacial score (nSPS) is 15.2. The predicted molar refractivity (Wildman–Crippen MR) is 90.0 cm³/mol. The number of carbonyl (C=O) groups is 1. The Morgan fingerprint density at radius 1 is 1.21 bits per heavy atom. The van der Waals surface area contributed by atoms with Crippen LogP contribution < -0.4 is 10.1 Å². The average molecular weight is 396 g/mol. The van der Waals surface area contributed by atoms with E-state index in [9.17, 15) is 13.6 Å². The van der Waals surface area contributed by atoms with Gasteiger partial charge in [0.2, 0.25) is 5.91 Å². The molecule has 126 valence electrons. The molecule has 3 rings (SSSR count). The minimum absolute atomic E-state index is 0.00601. The number of amides is 1. The second kappa shape index (κ2) is 6.89. The fraction of sp³-hybridized carbons (Fsp3) is 0.278. The zero-order valence-corrected chi connectivity index (χ0v) is 14.4. The van der Waals surface area contributed by atoms with Gasteiger partial charge in [-0.2, -0.15) is 8.78 Å². The highest BCUT2D eigenvalue weighted by atomic mass is 79.9. The highest BCUT2D eigenvalue weighted by Gasteiger charge is 2.51. The molecule has 2 aromatic carbocycles. The molecule has 0 heterocycles. The third kappa shape index (κ3) is 3.75. The number of ether oxygens (including phenoxy) is 1. The van der Waals surface area contributed by atoms with Crippen LogP contribution in [0.3, 0.4) is 0 Å². The highest BCUT2D eigenvalue weighted by molar-refractivity contribution is 9.10. The third-order valence-electron chi connectivity index (χ3n) is 4.16. The summed E-state index contributed by atoms with van der Waals surface area (Å²) in [7, 11) is 0. The lowest BCUT2D eigenvalue weighted by atomic mass is 9.95. The van der Waals surface area contributed by atoms with Crippen LogP contribution in [0.15, 0.2) is 53.0 Å². The maximum Gasteiger partial charge on any atom is 0.387 e. The second-order valence-electron chi connectivity index (χ2n) is 5.80. The van der Waals surface area contributed by atoms with Crippen molar-refractivity contribution in [2.24, 2.45) is 0 Å². The van der Waals surface area contributed by atoms with Gasteiger partial charge >= 0.3 is 6.61 Å². The summed E-state index contributed by atoms with van der Waals surface area (Å²) < 4.78 is 29.5. The van der Waals surface area contributed by atoms with Gasteiger partial charge in [0.15, 0.2) is 0 Å². The second-order valence-corrected chi connectivity index (χ2v) is 6.71.